The SMILES string of the molecule is O=C1NC(=O)c2cc(Oc3ccc(NC(=O)N(c4ccccc4)C(F)(F)F)cc3)ccc21. The van der Waals surface area contributed by atoms with E-state index >= 15 is 0 Å². The third kappa shape index (κ3) is 4.24. The summed E-state index contributed by atoms with van der Waals surface area (Å²) >= 11 is 0. The number of rotatable bonds is 4. The zero-order chi connectivity index (χ0) is 22.9. The van der Waals surface area contributed by atoms with Crippen LogP contribution >= 0.6 is 0 Å². The standard InChI is InChI=1S/C22H14F3N3O4/c23-22(24,25)28(14-4-2-1-3-5-14)21(31)26-13-6-8-15(9-7-13)32-16-10-11-17-18(12-16)20(30)27-19(17)29/h1-12H,(H,26,31)(H,27,29,30). The van der Waals surface area contributed by atoms with Crippen molar-refractivity contribution in [2.75, 3.05) is 10.2 Å². The maximum absolute atomic E-state index is 13.4. The molecule has 0 bridgehead atoms. The molecule has 32 heavy (non-hydrogen) atoms. The molecule has 4 rings (SSSR count). The highest BCUT2D eigenvalue weighted by Crippen LogP contribution is 2.30. The predicted molar refractivity (Wildman–Crippen MR) is 109 cm³/mol. The quantitative estimate of drug-likeness (QED) is 0.444. The van der Waals surface area contributed by atoms with Gasteiger partial charge < -0.3 is 10.1 Å². The number of amides is 4. The van der Waals surface area contributed by atoms with Crippen LogP contribution in [0.1, 0.15) is 20.7 Å². The van der Waals surface area contributed by atoms with Gasteiger partial charge in [-0.15, -0.1) is 13.2 Å². The van der Waals surface area contributed by atoms with E-state index in [1.54, 1.807) is 6.07 Å². The second kappa shape index (κ2) is 8.06. The zero-order valence-corrected chi connectivity index (χ0v) is 16.1. The number of urea groups is 1. The first-order chi connectivity index (χ1) is 15.2. The third-order valence-corrected chi connectivity index (χ3v) is 4.52. The number of carbonyl (C=O) groups is 3. The highest BCUT2D eigenvalue weighted by atomic mass is 19.4. The minimum atomic E-state index is -4.92. The van der Waals surface area contributed by atoms with Gasteiger partial charge in [-0.05, 0) is 54.6 Å². The van der Waals surface area contributed by atoms with Crippen LogP contribution in [0.3, 0.4) is 0 Å². The fourth-order valence-corrected chi connectivity index (χ4v) is 3.09. The van der Waals surface area contributed by atoms with E-state index in [0.29, 0.717) is 5.75 Å². The summed E-state index contributed by atoms with van der Waals surface area (Å²) in [6.07, 6.45) is -4.92. The number of alkyl halides is 3. The van der Waals surface area contributed by atoms with Crippen LogP contribution in [0.25, 0.3) is 0 Å². The van der Waals surface area contributed by atoms with Crippen LogP contribution in [0.4, 0.5) is 29.3 Å². The minimum absolute atomic E-state index is 0.117. The molecule has 0 saturated heterocycles. The second-order valence-corrected chi connectivity index (χ2v) is 6.69. The molecule has 0 atom stereocenters. The molecular formula is C22H14F3N3O4. The summed E-state index contributed by atoms with van der Waals surface area (Å²) < 4.78 is 45.8. The molecular weight excluding hydrogens is 427 g/mol. The largest absolute Gasteiger partial charge is 0.493 e. The van der Waals surface area contributed by atoms with Gasteiger partial charge in [0, 0.05) is 5.69 Å². The number of ether oxygens (including phenoxy) is 1. The Hall–Kier alpha value is -4.34. The van der Waals surface area contributed by atoms with Gasteiger partial charge in [0.05, 0.1) is 16.8 Å². The maximum Gasteiger partial charge on any atom is 0.493 e. The fourth-order valence-electron chi connectivity index (χ4n) is 3.09. The van der Waals surface area contributed by atoms with Crippen molar-refractivity contribution < 1.29 is 32.3 Å². The number of para-hydroxylation sites is 1. The molecule has 3 aromatic carbocycles. The average molecular weight is 441 g/mol. The number of carbonyl (C=O) groups excluding carboxylic acids is 3. The molecule has 0 spiro atoms. The lowest BCUT2D eigenvalue weighted by Crippen LogP contribution is -2.45. The minimum Gasteiger partial charge on any atom is -0.457 e. The molecule has 0 aliphatic carbocycles. The molecule has 1 aliphatic heterocycles. The Morgan fingerprint density at radius 1 is 0.844 bits per heavy atom. The Kier molecular flexibility index (Phi) is 5.27. The highest BCUT2D eigenvalue weighted by molar-refractivity contribution is 6.21. The predicted octanol–water partition coefficient (Wildman–Crippen LogP) is 4.92. The van der Waals surface area contributed by atoms with Crippen LogP contribution in [0, 0.1) is 0 Å². The van der Waals surface area contributed by atoms with Gasteiger partial charge in [0.15, 0.2) is 0 Å². The summed E-state index contributed by atoms with van der Waals surface area (Å²) in [5, 5.41) is 4.38. The van der Waals surface area contributed by atoms with Crippen LogP contribution in [0.15, 0.2) is 72.8 Å². The van der Waals surface area contributed by atoms with E-state index in [9.17, 15) is 27.6 Å². The van der Waals surface area contributed by atoms with Crippen molar-refractivity contribution in [2.24, 2.45) is 0 Å². The monoisotopic (exact) mass is 441 g/mol. The first-order valence-corrected chi connectivity index (χ1v) is 9.23. The van der Waals surface area contributed by atoms with Gasteiger partial charge in [-0.3, -0.25) is 14.9 Å². The van der Waals surface area contributed by atoms with Gasteiger partial charge >= 0.3 is 12.3 Å². The normalized spacial score (nSPS) is 12.7. The first kappa shape index (κ1) is 20.9. The van der Waals surface area contributed by atoms with Crippen molar-refractivity contribution in [3.05, 3.63) is 83.9 Å². The van der Waals surface area contributed by atoms with Crippen molar-refractivity contribution in [1.29, 1.82) is 0 Å². The number of nitrogens with one attached hydrogen (secondary N) is 2. The number of imide groups is 1. The lowest BCUT2D eigenvalue weighted by molar-refractivity contribution is -0.120. The number of anilines is 2. The Labute approximate surface area is 179 Å². The molecule has 10 heteroatoms. The molecule has 4 amide bonds. The molecule has 1 aliphatic rings. The number of hydrogen-bond donors (Lipinski definition) is 2. The van der Waals surface area contributed by atoms with Gasteiger partial charge in [0.2, 0.25) is 0 Å². The molecule has 0 saturated carbocycles. The lowest BCUT2D eigenvalue weighted by atomic mass is 10.1. The van der Waals surface area contributed by atoms with Crippen molar-refractivity contribution in [1.82, 2.24) is 5.32 Å². The number of fused-ring (bicyclic) bond motifs is 1. The zero-order valence-electron chi connectivity index (χ0n) is 16.1. The Balaban J connectivity index is 1.47. The summed E-state index contributed by atoms with van der Waals surface area (Å²) in [5.41, 5.74) is 0.223. The summed E-state index contributed by atoms with van der Waals surface area (Å²) in [7, 11) is 0. The smallest absolute Gasteiger partial charge is 0.457 e. The fraction of sp³-hybridized carbons (Fsp3) is 0.0455. The van der Waals surface area contributed by atoms with E-state index in [4.69, 9.17) is 4.74 Å². The molecule has 0 unspecified atom stereocenters. The van der Waals surface area contributed by atoms with Gasteiger partial charge in [-0.2, -0.15) is 0 Å². The Morgan fingerprint density at radius 2 is 1.47 bits per heavy atom. The number of hydrogen-bond acceptors (Lipinski definition) is 4. The molecule has 7 nitrogen and oxygen atoms in total. The molecule has 0 fully saturated rings. The Bertz CT molecular complexity index is 1200. The van der Waals surface area contributed by atoms with E-state index in [-0.39, 0.29) is 33.2 Å². The van der Waals surface area contributed by atoms with Crippen LogP contribution < -0.4 is 20.3 Å². The van der Waals surface area contributed by atoms with E-state index < -0.39 is 24.1 Å². The molecule has 1 heterocycles. The van der Waals surface area contributed by atoms with E-state index in [0.717, 1.165) is 0 Å². The average Bonchev–Trinajstić information content (AvgIpc) is 3.02. The van der Waals surface area contributed by atoms with Gasteiger partial charge in [0.25, 0.3) is 11.8 Å². The Morgan fingerprint density at radius 3 is 2.12 bits per heavy atom. The van der Waals surface area contributed by atoms with E-state index in [1.165, 1.54) is 66.7 Å². The molecule has 0 radical (unpaired) electrons. The van der Waals surface area contributed by atoms with Gasteiger partial charge in [0.1, 0.15) is 11.5 Å². The molecule has 3 aromatic rings. The number of halogens is 3. The van der Waals surface area contributed by atoms with Crippen molar-refractivity contribution >= 4 is 29.2 Å². The summed E-state index contributed by atoms with van der Waals surface area (Å²) in [6, 6.07) is 15.3. The van der Waals surface area contributed by atoms with Crippen LogP contribution in [0.2, 0.25) is 0 Å². The highest BCUT2D eigenvalue weighted by Gasteiger charge is 2.42. The molecule has 0 aromatic heterocycles. The van der Waals surface area contributed by atoms with Gasteiger partial charge in [-0.25, -0.2) is 9.69 Å². The second-order valence-electron chi connectivity index (χ2n) is 6.69. The van der Waals surface area contributed by atoms with Crippen molar-refractivity contribution in [3.8, 4) is 11.5 Å². The molecule has 162 valence electrons. The maximum atomic E-state index is 13.4. The van der Waals surface area contributed by atoms with Gasteiger partial charge in [-0.1, -0.05) is 18.2 Å². The van der Waals surface area contributed by atoms with E-state index in [2.05, 4.69) is 10.6 Å². The van der Waals surface area contributed by atoms with Crippen LogP contribution in [0.5, 0.6) is 11.5 Å². The summed E-state index contributed by atoms with van der Waals surface area (Å²) in [5.74, 6) is -0.415. The summed E-state index contributed by atoms with van der Waals surface area (Å²) in [4.78, 5) is 35.3. The van der Waals surface area contributed by atoms with Crippen LogP contribution in [-0.4, -0.2) is 24.1 Å². The topological polar surface area (TPSA) is 87.7 Å². The van der Waals surface area contributed by atoms with Crippen LogP contribution in [-0.2, 0) is 0 Å². The number of nitrogens with zero attached hydrogens (tertiary/aromatic N) is 1. The first-order valence-electron chi connectivity index (χ1n) is 9.23. The van der Waals surface area contributed by atoms with Crippen molar-refractivity contribution in [3.63, 3.8) is 0 Å². The third-order valence-electron chi connectivity index (χ3n) is 4.52. The van der Waals surface area contributed by atoms with E-state index in [1.807, 2.05) is 0 Å². The number of benzene rings is 3. The van der Waals surface area contributed by atoms with Crippen molar-refractivity contribution in [2.45, 2.75) is 6.30 Å². The summed E-state index contributed by atoms with van der Waals surface area (Å²) in [6.45, 7) is 0. The lowest BCUT2D eigenvalue weighted by Gasteiger charge is -2.25. The molecule has 2 N–H and O–H groups in total.